The van der Waals surface area contributed by atoms with E-state index in [1.807, 2.05) is 6.07 Å². The molecular formula is C76H52N2O. The second kappa shape index (κ2) is 17.3. The van der Waals surface area contributed by atoms with E-state index in [1.165, 1.54) is 83.0 Å². The van der Waals surface area contributed by atoms with Crippen molar-refractivity contribution in [2.24, 2.45) is 0 Å². The molecule has 0 atom stereocenters. The molecule has 0 N–H and O–H groups in total. The average molecular weight is 1010 g/mol. The van der Waals surface area contributed by atoms with Gasteiger partial charge in [-0.3, -0.25) is 0 Å². The molecule has 14 aromatic rings. The van der Waals surface area contributed by atoms with Gasteiger partial charge in [0.2, 0.25) is 0 Å². The molecule has 0 saturated heterocycles. The lowest BCUT2D eigenvalue weighted by Crippen LogP contribution is -2.28. The van der Waals surface area contributed by atoms with Crippen molar-refractivity contribution in [1.29, 1.82) is 0 Å². The van der Waals surface area contributed by atoms with Crippen molar-refractivity contribution in [2.45, 2.75) is 24.7 Å². The van der Waals surface area contributed by atoms with Crippen LogP contribution in [0.15, 0.2) is 283 Å². The van der Waals surface area contributed by atoms with Crippen LogP contribution in [-0.4, -0.2) is 4.57 Å². The summed E-state index contributed by atoms with van der Waals surface area (Å²) >= 11 is 0. The van der Waals surface area contributed by atoms with Gasteiger partial charge in [-0.1, -0.05) is 208 Å². The summed E-state index contributed by atoms with van der Waals surface area (Å²) in [6.45, 7) is 4.72. The lowest BCUT2D eigenvalue weighted by molar-refractivity contribution is 0.660. The van der Waals surface area contributed by atoms with Crippen LogP contribution in [0.5, 0.6) is 0 Å². The van der Waals surface area contributed by atoms with E-state index in [0.29, 0.717) is 0 Å². The molecule has 0 amide bonds. The third-order valence-electron chi connectivity index (χ3n) is 17.5. The van der Waals surface area contributed by atoms with E-state index in [1.54, 1.807) is 0 Å². The van der Waals surface area contributed by atoms with E-state index in [4.69, 9.17) is 4.42 Å². The van der Waals surface area contributed by atoms with E-state index < -0.39 is 5.41 Å². The molecule has 0 radical (unpaired) electrons. The zero-order chi connectivity index (χ0) is 52.4. The topological polar surface area (TPSA) is 21.3 Å². The summed E-state index contributed by atoms with van der Waals surface area (Å²) in [5.41, 5.74) is 25.6. The summed E-state index contributed by atoms with van der Waals surface area (Å²) in [6.07, 6.45) is 0. The molecule has 79 heavy (non-hydrogen) atoms. The summed E-state index contributed by atoms with van der Waals surface area (Å²) in [6, 6.07) is 103. The number of fused-ring (bicyclic) bond motifs is 12. The average Bonchev–Trinajstić information content (AvgIpc) is 4.42. The smallest absolute Gasteiger partial charge is 0.136 e. The monoisotopic (exact) mass is 1010 g/mol. The molecule has 16 rings (SSSR count). The van der Waals surface area contributed by atoms with E-state index in [-0.39, 0.29) is 5.41 Å². The molecule has 2 aromatic heterocycles. The van der Waals surface area contributed by atoms with Crippen LogP contribution >= 0.6 is 0 Å². The molecule has 12 aromatic carbocycles. The largest absolute Gasteiger partial charge is 0.456 e. The maximum Gasteiger partial charge on any atom is 0.136 e. The predicted octanol–water partition coefficient (Wildman–Crippen LogP) is 20.2. The number of aromatic nitrogens is 1. The van der Waals surface area contributed by atoms with Crippen molar-refractivity contribution in [3.8, 4) is 50.2 Å². The van der Waals surface area contributed by atoms with Crippen molar-refractivity contribution in [3.63, 3.8) is 0 Å². The van der Waals surface area contributed by atoms with Gasteiger partial charge in [0.05, 0.1) is 16.4 Å². The Balaban J connectivity index is 0.841. The van der Waals surface area contributed by atoms with Crippen LogP contribution in [-0.2, 0) is 10.8 Å². The van der Waals surface area contributed by atoms with Crippen LogP contribution < -0.4 is 4.90 Å². The Hall–Kier alpha value is -9.96. The summed E-state index contributed by atoms with van der Waals surface area (Å²) < 4.78 is 8.76. The lowest BCUT2D eigenvalue weighted by atomic mass is 9.67. The Morgan fingerprint density at radius 2 is 0.848 bits per heavy atom. The van der Waals surface area contributed by atoms with Gasteiger partial charge in [0.15, 0.2) is 0 Å². The quantitative estimate of drug-likeness (QED) is 0.151. The van der Waals surface area contributed by atoms with E-state index in [9.17, 15) is 0 Å². The van der Waals surface area contributed by atoms with Gasteiger partial charge in [-0.15, -0.1) is 0 Å². The standard InChI is InChI=1S/C76H52N2O/c1-75(2)66-27-13-9-22-59(66)62-43-42-57(48-69(62)75)77(56-40-34-50(35-41-56)58-26-17-31-73-74(58)63-25-12-16-30-72(63)79-73)55-38-32-49(33-39-55)51-36-44-70-64(46-51)65-47-53(37-45-71(65)78(70)54-20-7-4-8-21-54)76(52-18-5-3-6-19-52)67-28-14-10-23-60(67)61-24-11-15-29-68(61)76/h3-48H,1-2H3. The first-order valence-electron chi connectivity index (χ1n) is 27.5. The summed E-state index contributed by atoms with van der Waals surface area (Å²) in [7, 11) is 0. The lowest BCUT2D eigenvalue weighted by Gasteiger charge is -2.34. The maximum atomic E-state index is 6.32. The molecule has 2 heterocycles. The van der Waals surface area contributed by atoms with Gasteiger partial charge in [-0.2, -0.15) is 0 Å². The van der Waals surface area contributed by atoms with Gasteiger partial charge < -0.3 is 13.9 Å². The Kier molecular flexibility index (Phi) is 9.90. The van der Waals surface area contributed by atoms with E-state index in [0.717, 1.165) is 61.4 Å². The molecule has 372 valence electrons. The summed E-state index contributed by atoms with van der Waals surface area (Å²) in [5, 5.41) is 4.71. The molecule has 3 nitrogen and oxygen atoms in total. The number of furan rings is 1. The SMILES string of the molecule is CC1(C)c2ccccc2-c2ccc(N(c3ccc(-c4ccc5c(c4)c4cc(C6(c7ccccc7)c7ccccc7-c7ccccc76)ccc4n5-c4ccccc4)cc3)c3ccc(-c4cccc5oc6ccccc6c45)cc3)cc21. The first-order chi connectivity index (χ1) is 38.9. The third-order valence-corrected chi connectivity index (χ3v) is 17.5. The highest BCUT2D eigenvalue weighted by molar-refractivity contribution is 6.13. The molecule has 3 heteroatoms. The predicted molar refractivity (Wildman–Crippen MR) is 328 cm³/mol. The Labute approximate surface area is 459 Å². The molecule has 0 aliphatic heterocycles. The molecule has 0 unspecified atom stereocenters. The normalized spacial score (nSPS) is 13.6. The fourth-order valence-electron chi connectivity index (χ4n) is 13.9. The number of para-hydroxylation sites is 2. The highest BCUT2D eigenvalue weighted by Gasteiger charge is 2.46. The zero-order valence-electron chi connectivity index (χ0n) is 43.9. The highest BCUT2D eigenvalue weighted by Crippen LogP contribution is 2.57. The van der Waals surface area contributed by atoms with Gasteiger partial charge in [-0.05, 0) is 163 Å². The van der Waals surface area contributed by atoms with Crippen molar-refractivity contribution in [1.82, 2.24) is 4.57 Å². The Bertz CT molecular complexity index is 4690. The minimum absolute atomic E-state index is 0.148. The van der Waals surface area contributed by atoms with Gasteiger partial charge in [0.25, 0.3) is 0 Å². The molecule has 0 fully saturated rings. The van der Waals surface area contributed by atoms with Crippen LogP contribution in [0.4, 0.5) is 17.1 Å². The van der Waals surface area contributed by atoms with Crippen molar-refractivity contribution in [2.75, 3.05) is 4.90 Å². The van der Waals surface area contributed by atoms with Gasteiger partial charge in [-0.25, -0.2) is 0 Å². The van der Waals surface area contributed by atoms with Crippen molar-refractivity contribution >= 4 is 60.8 Å². The number of rotatable bonds is 8. The maximum absolute atomic E-state index is 6.32. The fraction of sp³-hybridized carbons (Fsp3) is 0.0526. The van der Waals surface area contributed by atoms with Crippen LogP contribution in [0.2, 0.25) is 0 Å². The van der Waals surface area contributed by atoms with Crippen LogP contribution in [0.25, 0.3) is 93.9 Å². The van der Waals surface area contributed by atoms with Crippen LogP contribution in [0, 0.1) is 0 Å². The fourth-order valence-corrected chi connectivity index (χ4v) is 13.9. The third kappa shape index (κ3) is 6.66. The zero-order valence-corrected chi connectivity index (χ0v) is 43.9. The van der Waals surface area contributed by atoms with E-state index >= 15 is 0 Å². The molecular weight excluding hydrogens is 957 g/mol. The van der Waals surface area contributed by atoms with Gasteiger partial charge in [0.1, 0.15) is 11.2 Å². The van der Waals surface area contributed by atoms with Crippen molar-refractivity contribution in [3.05, 3.63) is 312 Å². The molecule has 0 spiro atoms. The number of anilines is 3. The van der Waals surface area contributed by atoms with Gasteiger partial charge in [0, 0.05) is 49.7 Å². The molecule has 2 aliphatic rings. The minimum atomic E-state index is -0.509. The van der Waals surface area contributed by atoms with E-state index in [2.05, 4.69) is 296 Å². The van der Waals surface area contributed by atoms with Crippen LogP contribution in [0.1, 0.15) is 47.2 Å². The second-order valence-electron chi connectivity index (χ2n) is 21.9. The van der Waals surface area contributed by atoms with Gasteiger partial charge >= 0.3 is 0 Å². The number of hydrogen-bond donors (Lipinski definition) is 0. The Morgan fingerprint density at radius 3 is 1.56 bits per heavy atom. The second-order valence-corrected chi connectivity index (χ2v) is 21.9. The highest BCUT2D eigenvalue weighted by atomic mass is 16.3. The molecule has 0 saturated carbocycles. The van der Waals surface area contributed by atoms with Crippen molar-refractivity contribution < 1.29 is 4.42 Å². The number of nitrogens with zero attached hydrogens (tertiary/aromatic N) is 2. The summed E-state index contributed by atoms with van der Waals surface area (Å²) in [5.74, 6) is 0. The number of benzene rings is 12. The summed E-state index contributed by atoms with van der Waals surface area (Å²) in [4.78, 5) is 2.42. The molecule has 0 bridgehead atoms. The molecule has 2 aliphatic carbocycles. The minimum Gasteiger partial charge on any atom is -0.456 e. The first-order valence-corrected chi connectivity index (χ1v) is 27.5. The Morgan fingerprint density at radius 1 is 0.329 bits per heavy atom. The first kappa shape index (κ1) is 45.3. The number of hydrogen-bond acceptors (Lipinski definition) is 2. The van der Waals surface area contributed by atoms with Crippen LogP contribution in [0.3, 0.4) is 0 Å².